The number of carbonyl (C=O) groups excluding carboxylic acids is 1. The monoisotopic (exact) mass is 305 g/mol. The summed E-state index contributed by atoms with van der Waals surface area (Å²) in [5.74, 6) is -1.33. The topological polar surface area (TPSA) is 105 Å². The van der Waals surface area contributed by atoms with Crippen molar-refractivity contribution < 1.29 is 14.7 Å². The molecule has 7 heteroatoms. The maximum absolute atomic E-state index is 11.9. The lowest BCUT2D eigenvalue weighted by Gasteiger charge is -2.04. The van der Waals surface area contributed by atoms with E-state index < -0.39 is 5.97 Å². The minimum absolute atomic E-state index is 0.0563. The standard InChI is InChI=1S/C14H15N3O3S/c1-8-12(14(19)20)13(21-17-8)16-11(18)7-4-9-2-5-10(15)6-3-9/h2-3,5-6H,4,7,15H2,1H3,(H,16,18)(H,19,20). The van der Waals surface area contributed by atoms with Crippen molar-refractivity contribution >= 4 is 34.1 Å². The number of nitrogens with one attached hydrogen (secondary N) is 1. The molecule has 1 heterocycles. The lowest BCUT2D eigenvalue weighted by atomic mass is 10.1. The average molecular weight is 305 g/mol. The van der Waals surface area contributed by atoms with E-state index in [4.69, 9.17) is 10.8 Å². The molecule has 1 amide bonds. The Morgan fingerprint density at radius 3 is 2.62 bits per heavy atom. The van der Waals surface area contributed by atoms with Gasteiger partial charge in [-0.25, -0.2) is 4.79 Å². The Morgan fingerprint density at radius 2 is 2.00 bits per heavy atom. The van der Waals surface area contributed by atoms with E-state index in [2.05, 4.69) is 9.69 Å². The van der Waals surface area contributed by atoms with Gasteiger partial charge >= 0.3 is 5.97 Å². The molecule has 4 N–H and O–H groups in total. The summed E-state index contributed by atoms with van der Waals surface area (Å²) >= 11 is 0.977. The number of aromatic carboxylic acids is 1. The number of hydrogen-bond donors (Lipinski definition) is 3. The fourth-order valence-corrected chi connectivity index (χ4v) is 2.64. The lowest BCUT2D eigenvalue weighted by molar-refractivity contribution is -0.116. The van der Waals surface area contributed by atoms with Gasteiger partial charge in [0.15, 0.2) is 0 Å². The van der Waals surface area contributed by atoms with Gasteiger partial charge in [0.25, 0.3) is 0 Å². The Bertz CT molecular complexity index is 665. The predicted octanol–water partition coefficient (Wildman–Crippen LogP) is 2.30. The van der Waals surface area contributed by atoms with E-state index in [9.17, 15) is 9.59 Å². The highest BCUT2D eigenvalue weighted by Crippen LogP contribution is 2.24. The molecular weight excluding hydrogens is 290 g/mol. The van der Waals surface area contributed by atoms with Crippen molar-refractivity contribution in [2.24, 2.45) is 0 Å². The van der Waals surface area contributed by atoms with E-state index in [0.29, 0.717) is 17.8 Å². The van der Waals surface area contributed by atoms with Crippen molar-refractivity contribution in [3.63, 3.8) is 0 Å². The van der Waals surface area contributed by atoms with Gasteiger partial charge < -0.3 is 16.2 Å². The van der Waals surface area contributed by atoms with Crippen molar-refractivity contribution in [1.29, 1.82) is 0 Å². The summed E-state index contributed by atoms with van der Waals surface area (Å²) in [6, 6.07) is 7.29. The Morgan fingerprint density at radius 1 is 1.33 bits per heavy atom. The van der Waals surface area contributed by atoms with E-state index in [1.165, 1.54) is 0 Å². The number of carboxylic acid groups (broad SMARTS) is 1. The number of rotatable bonds is 5. The minimum atomic E-state index is -1.09. The molecule has 0 unspecified atom stereocenters. The van der Waals surface area contributed by atoms with E-state index >= 15 is 0 Å². The predicted molar refractivity (Wildman–Crippen MR) is 81.6 cm³/mol. The van der Waals surface area contributed by atoms with Crippen LogP contribution >= 0.6 is 11.5 Å². The molecular formula is C14H15N3O3S. The Kier molecular flexibility index (Phi) is 4.54. The van der Waals surface area contributed by atoms with Crippen LogP contribution < -0.4 is 11.1 Å². The van der Waals surface area contributed by atoms with Crippen molar-refractivity contribution in [2.75, 3.05) is 11.1 Å². The fourth-order valence-electron chi connectivity index (χ4n) is 1.84. The number of nitrogens with two attached hydrogens (primary N) is 1. The molecule has 6 nitrogen and oxygen atoms in total. The molecule has 1 aromatic heterocycles. The average Bonchev–Trinajstić information content (AvgIpc) is 2.79. The van der Waals surface area contributed by atoms with Gasteiger partial charge in [0.2, 0.25) is 5.91 Å². The van der Waals surface area contributed by atoms with Gasteiger partial charge in [-0.1, -0.05) is 12.1 Å². The van der Waals surface area contributed by atoms with Gasteiger partial charge in [0.1, 0.15) is 10.6 Å². The molecule has 0 aliphatic carbocycles. The van der Waals surface area contributed by atoms with Crippen molar-refractivity contribution in [1.82, 2.24) is 4.37 Å². The summed E-state index contributed by atoms with van der Waals surface area (Å²) in [6.07, 6.45) is 0.826. The summed E-state index contributed by atoms with van der Waals surface area (Å²) in [4.78, 5) is 23.0. The zero-order valence-corrected chi connectivity index (χ0v) is 12.2. The molecule has 110 valence electrons. The number of nitrogen functional groups attached to an aromatic ring is 1. The van der Waals surface area contributed by atoms with E-state index in [0.717, 1.165) is 17.1 Å². The maximum Gasteiger partial charge on any atom is 0.340 e. The molecule has 0 saturated heterocycles. The molecule has 0 aliphatic rings. The van der Waals surface area contributed by atoms with Crippen LogP contribution in [0.3, 0.4) is 0 Å². The van der Waals surface area contributed by atoms with E-state index in [1.807, 2.05) is 12.1 Å². The number of nitrogens with zero attached hydrogens (tertiary/aromatic N) is 1. The summed E-state index contributed by atoms with van der Waals surface area (Å²) in [7, 11) is 0. The molecule has 0 spiro atoms. The van der Waals surface area contributed by atoms with Crippen LogP contribution in [0.4, 0.5) is 10.7 Å². The van der Waals surface area contributed by atoms with Gasteiger partial charge in [-0.15, -0.1) is 0 Å². The van der Waals surface area contributed by atoms with Crippen LogP contribution in [0.2, 0.25) is 0 Å². The van der Waals surface area contributed by atoms with Gasteiger partial charge in [-0.2, -0.15) is 4.37 Å². The van der Waals surface area contributed by atoms with Gasteiger partial charge in [0, 0.05) is 12.1 Å². The van der Waals surface area contributed by atoms with Crippen LogP contribution in [0.1, 0.15) is 28.0 Å². The molecule has 0 radical (unpaired) electrons. The highest BCUT2D eigenvalue weighted by molar-refractivity contribution is 7.11. The summed E-state index contributed by atoms with van der Waals surface area (Å²) in [5.41, 5.74) is 7.73. The number of aryl methyl sites for hydroxylation is 2. The largest absolute Gasteiger partial charge is 0.478 e. The number of benzene rings is 1. The van der Waals surface area contributed by atoms with Crippen LogP contribution in [0.25, 0.3) is 0 Å². The second-order valence-electron chi connectivity index (χ2n) is 4.57. The smallest absolute Gasteiger partial charge is 0.340 e. The summed E-state index contributed by atoms with van der Waals surface area (Å²) < 4.78 is 3.95. The summed E-state index contributed by atoms with van der Waals surface area (Å²) in [5, 5.41) is 12.0. The molecule has 0 bridgehead atoms. The van der Waals surface area contributed by atoms with Crippen molar-refractivity contribution in [3.8, 4) is 0 Å². The third kappa shape index (κ3) is 3.79. The van der Waals surface area contributed by atoms with Crippen LogP contribution in [0.15, 0.2) is 24.3 Å². The third-order valence-corrected chi connectivity index (χ3v) is 3.80. The second kappa shape index (κ2) is 6.36. The third-order valence-electron chi connectivity index (χ3n) is 2.95. The molecule has 21 heavy (non-hydrogen) atoms. The van der Waals surface area contributed by atoms with Crippen LogP contribution in [-0.2, 0) is 11.2 Å². The Labute approximate surface area is 125 Å². The molecule has 1 aromatic carbocycles. The minimum Gasteiger partial charge on any atom is -0.478 e. The van der Waals surface area contributed by atoms with Crippen LogP contribution in [0.5, 0.6) is 0 Å². The first-order valence-electron chi connectivity index (χ1n) is 6.31. The zero-order chi connectivity index (χ0) is 15.4. The van der Waals surface area contributed by atoms with Gasteiger partial charge in [0.05, 0.1) is 5.69 Å². The van der Waals surface area contributed by atoms with Crippen molar-refractivity contribution in [2.45, 2.75) is 19.8 Å². The first-order valence-corrected chi connectivity index (χ1v) is 7.08. The molecule has 0 aliphatic heterocycles. The zero-order valence-electron chi connectivity index (χ0n) is 11.4. The van der Waals surface area contributed by atoms with Crippen LogP contribution in [0, 0.1) is 6.92 Å². The Balaban J connectivity index is 1.96. The number of aromatic nitrogens is 1. The first-order chi connectivity index (χ1) is 9.97. The normalized spacial score (nSPS) is 10.3. The molecule has 2 rings (SSSR count). The van der Waals surface area contributed by atoms with Gasteiger partial charge in [-0.3, -0.25) is 4.79 Å². The molecule has 2 aromatic rings. The van der Waals surface area contributed by atoms with Crippen LogP contribution in [-0.4, -0.2) is 21.4 Å². The quantitative estimate of drug-likeness (QED) is 0.735. The number of amides is 1. The molecule has 0 atom stereocenters. The second-order valence-corrected chi connectivity index (χ2v) is 5.34. The Hall–Kier alpha value is -2.41. The number of anilines is 2. The fraction of sp³-hybridized carbons (Fsp3) is 0.214. The maximum atomic E-state index is 11.9. The van der Waals surface area contributed by atoms with E-state index in [-0.39, 0.29) is 22.9 Å². The number of carboxylic acids is 1. The highest BCUT2D eigenvalue weighted by atomic mass is 32.1. The molecule has 0 saturated carbocycles. The molecule has 0 fully saturated rings. The summed E-state index contributed by atoms with van der Waals surface area (Å²) in [6.45, 7) is 1.60. The first kappa shape index (κ1) is 15.0. The van der Waals surface area contributed by atoms with E-state index in [1.54, 1.807) is 19.1 Å². The van der Waals surface area contributed by atoms with Crippen molar-refractivity contribution in [3.05, 3.63) is 41.1 Å². The highest BCUT2D eigenvalue weighted by Gasteiger charge is 2.19. The van der Waals surface area contributed by atoms with Gasteiger partial charge in [-0.05, 0) is 42.6 Å². The SMILES string of the molecule is Cc1nsc(NC(=O)CCc2ccc(N)cc2)c1C(=O)O. The lowest BCUT2D eigenvalue weighted by Crippen LogP contribution is -2.14. The number of hydrogen-bond acceptors (Lipinski definition) is 5. The number of carbonyl (C=O) groups is 2.